The molecule has 0 fully saturated rings. The van der Waals surface area contributed by atoms with E-state index >= 15 is 0 Å². The molecule has 3 N–H and O–H groups in total. The van der Waals surface area contributed by atoms with E-state index in [0.717, 1.165) is 0 Å². The summed E-state index contributed by atoms with van der Waals surface area (Å²) in [7, 11) is 0. The second kappa shape index (κ2) is 8.46. The average Bonchev–Trinajstić information content (AvgIpc) is 3.12. The smallest absolute Gasteiger partial charge is 0.340 e. The van der Waals surface area contributed by atoms with E-state index in [-0.39, 0.29) is 52.0 Å². The number of hydrogen-bond donors (Lipinski definition) is 3. The fraction of sp³-hybridized carbons (Fsp3) is 0.143. The SMILES string of the molecule is C=CC1=C(/C=C\C)C(=O)OC12c1cc(CCC(=O)O)c(O)c(Cl)c1Oc1cc(O)c3ccccc3c12. The van der Waals surface area contributed by atoms with Crippen molar-refractivity contribution in [3.05, 3.63) is 94.1 Å². The number of aliphatic carboxylic acids is 1. The summed E-state index contributed by atoms with van der Waals surface area (Å²) in [5.41, 5.74) is 0.153. The van der Waals surface area contributed by atoms with E-state index < -0.39 is 17.5 Å². The van der Waals surface area contributed by atoms with Crippen molar-refractivity contribution in [3.63, 3.8) is 0 Å². The Morgan fingerprint density at radius 3 is 2.58 bits per heavy atom. The van der Waals surface area contributed by atoms with Gasteiger partial charge in [0.2, 0.25) is 0 Å². The quantitative estimate of drug-likeness (QED) is 0.371. The number of allylic oxidation sites excluding steroid dienone is 1. The van der Waals surface area contributed by atoms with Gasteiger partial charge in [-0.05, 0) is 30.4 Å². The zero-order valence-electron chi connectivity index (χ0n) is 19.2. The van der Waals surface area contributed by atoms with Crippen molar-refractivity contribution in [2.24, 2.45) is 0 Å². The fourth-order valence-electron chi connectivity index (χ4n) is 5.00. The summed E-state index contributed by atoms with van der Waals surface area (Å²) in [6.07, 6.45) is 4.59. The van der Waals surface area contributed by atoms with Crippen LogP contribution in [0.15, 0.2) is 72.4 Å². The Hall–Kier alpha value is -4.23. The summed E-state index contributed by atoms with van der Waals surface area (Å²) in [5, 5.41) is 31.6. The number of benzene rings is 3. The van der Waals surface area contributed by atoms with Gasteiger partial charge in [0.05, 0.1) is 11.1 Å². The maximum absolute atomic E-state index is 13.3. The van der Waals surface area contributed by atoms with Crippen molar-refractivity contribution in [1.82, 2.24) is 0 Å². The number of esters is 1. The van der Waals surface area contributed by atoms with Gasteiger partial charge in [-0.3, -0.25) is 4.79 Å². The molecule has 182 valence electrons. The minimum atomic E-state index is -1.58. The summed E-state index contributed by atoms with van der Waals surface area (Å²) >= 11 is 6.56. The van der Waals surface area contributed by atoms with E-state index in [1.807, 2.05) is 0 Å². The third kappa shape index (κ3) is 3.20. The van der Waals surface area contributed by atoms with Crippen LogP contribution in [0.2, 0.25) is 5.02 Å². The van der Waals surface area contributed by atoms with Gasteiger partial charge in [0.1, 0.15) is 22.3 Å². The molecule has 8 heteroatoms. The number of halogens is 1. The molecule has 3 aromatic rings. The van der Waals surface area contributed by atoms with Gasteiger partial charge in [-0.2, -0.15) is 0 Å². The number of phenolic OH excluding ortho intramolecular Hbond substituents is 2. The number of fused-ring (bicyclic) bond motifs is 6. The maximum Gasteiger partial charge on any atom is 0.340 e. The number of carbonyl (C=O) groups excluding carboxylic acids is 1. The molecule has 0 bridgehead atoms. The molecule has 2 aliphatic heterocycles. The molecular formula is C28H21ClO7. The number of carboxylic acid groups (broad SMARTS) is 1. The van der Waals surface area contributed by atoms with E-state index in [4.69, 9.17) is 21.1 Å². The van der Waals surface area contributed by atoms with Crippen molar-refractivity contribution < 1.29 is 34.4 Å². The Bertz CT molecular complexity index is 1550. The van der Waals surface area contributed by atoms with E-state index in [0.29, 0.717) is 27.5 Å². The van der Waals surface area contributed by atoms with E-state index in [2.05, 4.69) is 6.58 Å². The predicted molar refractivity (Wildman–Crippen MR) is 134 cm³/mol. The first-order chi connectivity index (χ1) is 17.2. The summed E-state index contributed by atoms with van der Waals surface area (Å²) in [6.45, 7) is 5.72. The zero-order valence-corrected chi connectivity index (χ0v) is 19.9. The van der Waals surface area contributed by atoms with Crippen LogP contribution in [0.4, 0.5) is 0 Å². The van der Waals surface area contributed by atoms with Crippen LogP contribution in [0.1, 0.15) is 30.0 Å². The summed E-state index contributed by atoms with van der Waals surface area (Å²) < 4.78 is 12.3. The summed E-state index contributed by atoms with van der Waals surface area (Å²) in [5.74, 6) is -1.81. The topological polar surface area (TPSA) is 113 Å². The number of carboxylic acids is 1. The van der Waals surface area contributed by atoms with Crippen LogP contribution < -0.4 is 4.74 Å². The van der Waals surface area contributed by atoms with Gasteiger partial charge in [-0.25, -0.2) is 4.79 Å². The first kappa shape index (κ1) is 23.5. The molecule has 1 atom stereocenters. The van der Waals surface area contributed by atoms with Crippen molar-refractivity contribution in [2.75, 3.05) is 0 Å². The van der Waals surface area contributed by atoms with Crippen LogP contribution >= 0.6 is 11.6 Å². The molecule has 0 aliphatic carbocycles. The fourth-order valence-corrected chi connectivity index (χ4v) is 5.26. The highest BCUT2D eigenvalue weighted by Gasteiger charge is 2.55. The number of rotatable bonds is 5. The molecule has 0 radical (unpaired) electrons. The van der Waals surface area contributed by atoms with Gasteiger partial charge in [0.25, 0.3) is 0 Å². The first-order valence-electron chi connectivity index (χ1n) is 11.2. The van der Waals surface area contributed by atoms with Crippen molar-refractivity contribution in [3.8, 4) is 23.0 Å². The van der Waals surface area contributed by atoms with Gasteiger partial charge in [-0.1, -0.05) is 60.7 Å². The highest BCUT2D eigenvalue weighted by atomic mass is 35.5. The highest BCUT2D eigenvalue weighted by Crippen LogP contribution is 2.61. The van der Waals surface area contributed by atoms with Crippen LogP contribution in [-0.4, -0.2) is 27.3 Å². The number of hydrogen-bond acceptors (Lipinski definition) is 6. The largest absolute Gasteiger partial charge is 0.507 e. The molecule has 3 aromatic carbocycles. The predicted octanol–water partition coefficient (Wildman–Crippen LogP) is 5.89. The Balaban J connectivity index is 1.95. The lowest BCUT2D eigenvalue weighted by molar-refractivity contribution is -0.144. The van der Waals surface area contributed by atoms with E-state index in [1.54, 1.807) is 49.4 Å². The number of phenols is 2. The molecule has 0 aromatic heterocycles. The minimum absolute atomic E-state index is 0.0176. The van der Waals surface area contributed by atoms with Crippen molar-refractivity contribution in [1.29, 1.82) is 0 Å². The highest BCUT2D eigenvalue weighted by molar-refractivity contribution is 6.34. The average molecular weight is 505 g/mol. The third-order valence-electron chi connectivity index (χ3n) is 6.49. The van der Waals surface area contributed by atoms with Gasteiger partial charge in [-0.15, -0.1) is 0 Å². The number of carbonyl (C=O) groups is 2. The lowest BCUT2D eigenvalue weighted by Gasteiger charge is -2.39. The van der Waals surface area contributed by atoms with Crippen LogP contribution in [0.5, 0.6) is 23.0 Å². The Morgan fingerprint density at radius 1 is 1.19 bits per heavy atom. The summed E-state index contributed by atoms with van der Waals surface area (Å²) in [4.78, 5) is 24.5. The Labute approximate surface area is 211 Å². The molecule has 0 amide bonds. The molecule has 5 rings (SSSR count). The molecule has 2 aliphatic rings. The number of ether oxygens (including phenoxy) is 2. The molecular weight excluding hydrogens is 484 g/mol. The lowest BCUT2D eigenvalue weighted by atomic mass is 9.74. The van der Waals surface area contributed by atoms with E-state index in [9.17, 15) is 24.9 Å². The van der Waals surface area contributed by atoms with E-state index in [1.165, 1.54) is 12.1 Å². The van der Waals surface area contributed by atoms with Gasteiger partial charge in [0, 0.05) is 29.0 Å². The molecule has 0 saturated carbocycles. The van der Waals surface area contributed by atoms with Gasteiger partial charge in [0.15, 0.2) is 11.4 Å². The molecule has 36 heavy (non-hydrogen) atoms. The van der Waals surface area contributed by atoms with Gasteiger partial charge >= 0.3 is 11.9 Å². The molecule has 2 heterocycles. The van der Waals surface area contributed by atoms with Crippen molar-refractivity contribution in [2.45, 2.75) is 25.4 Å². The zero-order chi connectivity index (χ0) is 25.8. The Kier molecular flexibility index (Phi) is 5.53. The van der Waals surface area contributed by atoms with Gasteiger partial charge < -0.3 is 24.8 Å². The molecule has 1 unspecified atom stereocenters. The second-order valence-electron chi connectivity index (χ2n) is 8.49. The van der Waals surface area contributed by atoms with Crippen LogP contribution in [0.25, 0.3) is 10.8 Å². The van der Waals surface area contributed by atoms with Crippen LogP contribution in [-0.2, 0) is 26.3 Å². The third-order valence-corrected chi connectivity index (χ3v) is 6.84. The Morgan fingerprint density at radius 2 is 1.92 bits per heavy atom. The molecule has 0 saturated heterocycles. The lowest BCUT2D eigenvalue weighted by Crippen LogP contribution is -2.34. The van der Waals surface area contributed by atoms with Crippen LogP contribution in [0.3, 0.4) is 0 Å². The first-order valence-corrected chi connectivity index (χ1v) is 11.5. The molecule has 1 spiro atoms. The minimum Gasteiger partial charge on any atom is -0.507 e. The maximum atomic E-state index is 13.3. The normalized spacial score (nSPS) is 18.3. The van der Waals surface area contributed by atoms with Crippen LogP contribution in [0, 0.1) is 0 Å². The van der Waals surface area contributed by atoms with Crippen molar-refractivity contribution >= 4 is 34.3 Å². The number of aryl methyl sites for hydroxylation is 1. The standard InChI is InChI=1S/C28H21ClO7/c1-3-7-17-18(4-2)28(36-27(17)34)19-12-14(10-11-22(31)32)25(33)24(29)26(19)35-21-13-20(30)15-8-5-6-9-16(15)23(21)28/h3-9,12-13,30,33H,2,10-11H2,1H3,(H,31,32)/b7-3-. The second-order valence-corrected chi connectivity index (χ2v) is 8.87. The number of aromatic hydroxyl groups is 2. The monoisotopic (exact) mass is 504 g/mol. The summed E-state index contributed by atoms with van der Waals surface area (Å²) in [6, 6.07) is 10.0. The molecule has 7 nitrogen and oxygen atoms in total.